The minimum absolute atomic E-state index is 0. The van der Waals surface area contributed by atoms with Gasteiger partial charge in [0.25, 0.3) is 0 Å². The number of nitrogens with zero attached hydrogens (tertiary/aromatic N) is 4. The van der Waals surface area contributed by atoms with E-state index in [1.54, 1.807) is 0 Å². The predicted molar refractivity (Wildman–Crippen MR) is 184 cm³/mol. The van der Waals surface area contributed by atoms with E-state index in [1.807, 2.05) is 48.8 Å². The normalized spacial score (nSPS) is 10.6. The molecule has 2 aromatic heterocycles. The number of halogens is 5. The molecule has 5 rings (SSSR count). The van der Waals surface area contributed by atoms with Gasteiger partial charge in [0.1, 0.15) is 23.8 Å². The maximum absolute atomic E-state index is 4.59. The molecule has 0 amide bonds. The van der Waals surface area contributed by atoms with Gasteiger partial charge in [0, 0.05) is 57.5 Å². The Morgan fingerprint density at radius 2 is 0.875 bits per heavy atom. The van der Waals surface area contributed by atoms with Crippen molar-refractivity contribution in [2.45, 2.75) is 48.5 Å². The summed E-state index contributed by atoms with van der Waals surface area (Å²) in [5.41, 5.74) is 13.3. The molecule has 0 saturated carbocycles. The third-order valence-electron chi connectivity index (χ3n) is 7.77. The minimum atomic E-state index is 0. The Balaban J connectivity index is 0. The fraction of sp³-hybridized carbons (Fsp3) is 0.189. The summed E-state index contributed by atoms with van der Waals surface area (Å²) < 4.78 is 5.40. The Hall–Kier alpha value is -0.975. The second-order valence-electron chi connectivity index (χ2n) is 10.7. The van der Waals surface area contributed by atoms with Crippen LogP contribution < -0.4 is 77.1 Å². The number of rotatable bonds is 6. The van der Waals surface area contributed by atoms with Crippen LogP contribution in [0.25, 0.3) is 22.3 Å². The van der Waals surface area contributed by atoms with Crippen molar-refractivity contribution in [3.05, 3.63) is 117 Å². The Morgan fingerprint density at radius 3 is 1.15 bits per heavy atom. The SMILES string of the molecule is CC=[N+](c1ccccn1)c1c(C)cc(-c2cc(Br)cc(-c3cc(C)c([N+](=CC)c4ccccn4)c(C)c3)c2C)cc1C.[Br-].[Br-].[Br-].[Br-].[Pd].[Pd]. The van der Waals surface area contributed by atoms with Gasteiger partial charge in [-0.25, -0.2) is 9.15 Å². The molecular formula is C37H37Br5N4Pd2-2. The molecule has 0 spiro atoms. The van der Waals surface area contributed by atoms with Gasteiger partial charge < -0.3 is 67.9 Å². The van der Waals surface area contributed by atoms with Gasteiger partial charge in [-0.15, -0.1) is 0 Å². The number of pyridine rings is 2. The van der Waals surface area contributed by atoms with Crippen LogP contribution in [0, 0.1) is 34.6 Å². The molecule has 2 heterocycles. The topological polar surface area (TPSA) is 31.8 Å². The largest absolute Gasteiger partial charge is 1.00 e. The van der Waals surface area contributed by atoms with Crippen molar-refractivity contribution in [3.63, 3.8) is 0 Å². The first kappa shape index (κ1) is 49.1. The van der Waals surface area contributed by atoms with Gasteiger partial charge in [0.05, 0.1) is 12.4 Å². The van der Waals surface area contributed by atoms with Gasteiger partial charge in [0.15, 0.2) is 0 Å². The molecule has 0 unspecified atom stereocenters. The monoisotopic (exact) mass is 1140 g/mol. The van der Waals surface area contributed by atoms with Crippen molar-refractivity contribution in [1.29, 1.82) is 0 Å². The summed E-state index contributed by atoms with van der Waals surface area (Å²) in [5, 5.41) is 0. The second-order valence-corrected chi connectivity index (χ2v) is 11.6. The summed E-state index contributed by atoms with van der Waals surface area (Å²) in [5.74, 6) is 1.83. The molecule has 0 bridgehead atoms. The average molecular weight is 1150 g/mol. The van der Waals surface area contributed by atoms with Crippen molar-refractivity contribution in [3.8, 4) is 22.3 Å². The quantitative estimate of drug-likeness (QED) is 0.112. The zero-order valence-corrected chi connectivity index (χ0v) is 38.6. The molecule has 11 heteroatoms. The molecule has 262 valence electrons. The van der Waals surface area contributed by atoms with Gasteiger partial charge in [-0.2, -0.15) is 0 Å². The molecule has 0 aliphatic rings. The molecule has 0 aliphatic heterocycles. The first-order valence-corrected chi connectivity index (χ1v) is 15.1. The summed E-state index contributed by atoms with van der Waals surface area (Å²) >= 11 is 3.83. The molecule has 4 nitrogen and oxygen atoms in total. The van der Waals surface area contributed by atoms with E-state index < -0.39 is 0 Å². The summed E-state index contributed by atoms with van der Waals surface area (Å²) in [4.78, 5) is 9.19. The Labute approximate surface area is 363 Å². The summed E-state index contributed by atoms with van der Waals surface area (Å²) in [6, 6.07) is 25.7. The van der Waals surface area contributed by atoms with Gasteiger partial charge in [-0.3, -0.25) is 0 Å². The van der Waals surface area contributed by atoms with Gasteiger partial charge in [-0.1, -0.05) is 28.1 Å². The third kappa shape index (κ3) is 10.5. The number of hydrogen-bond donors (Lipinski definition) is 0. The smallest absolute Gasteiger partial charge is 0.327 e. The van der Waals surface area contributed by atoms with Crippen LogP contribution in [0.3, 0.4) is 0 Å². The van der Waals surface area contributed by atoms with Crippen LogP contribution in [0.5, 0.6) is 0 Å². The summed E-state index contributed by atoms with van der Waals surface area (Å²) in [6.45, 7) is 15.1. The first-order chi connectivity index (χ1) is 20.2. The Bertz CT molecular complexity index is 1690. The molecule has 0 aliphatic carbocycles. The number of aryl methyl sites for hydroxylation is 4. The van der Waals surface area contributed by atoms with Crippen molar-refractivity contribution < 1.29 is 109 Å². The molecule has 0 atom stereocenters. The fourth-order valence-corrected chi connectivity index (χ4v) is 6.46. The maximum Gasteiger partial charge on any atom is 0.327 e. The molecule has 5 aromatic rings. The van der Waals surface area contributed by atoms with E-state index in [9.17, 15) is 0 Å². The molecule has 0 saturated heterocycles. The van der Waals surface area contributed by atoms with Gasteiger partial charge in [0.2, 0.25) is 0 Å². The Kier molecular flexibility index (Phi) is 22.6. The first-order valence-electron chi connectivity index (χ1n) is 14.3. The molecular weight excluding hydrogens is 1110 g/mol. The maximum atomic E-state index is 4.59. The van der Waals surface area contributed by atoms with Crippen LogP contribution in [0.1, 0.15) is 41.7 Å². The summed E-state index contributed by atoms with van der Waals surface area (Å²) in [6.07, 6.45) is 7.84. The number of aromatic nitrogens is 2. The van der Waals surface area contributed by atoms with Crippen LogP contribution in [0.4, 0.5) is 23.0 Å². The third-order valence-corrected chi connectivity index (χ3v) is 8.22. The zero-order chi connectivity index (χ0) is 30.0. The van der Waals surface area contributed by atoms with Crippen LogP contribution in [0.2, 0.25) is 0 Å². The van der Waals surface area contributed by atoms with E-state index >= 15 is 0 Å². The number of benzene rings is 3. The summed E-state index contributed by atoms with van der Waals surface area (Å²) in [7, 11) is 0. The van der Waals surface area contributed by atoms with Crippen LogP contribution >= 0.6 is 15.9 Å². The molecule has 3 aromatic carbocycles. The molecule has 0 fully saturated rings. The van der Waals surface area contributed by atoms with Crippen molar-refractivity contribution in [1.82, 2.24) is 19.1 Å². The predicted octanol–water partition coefficient (Wildman–Crippen LogP) is -2.02. The second kappa shape index (κ2) is 22.1. The van der Waals surface area contributed by atoms with Crippen LogP contribution in [-0.2, 0) is 40.8 Å². The molecule has 0 radical (unpaired) electrons. The zero-order valence-electron chi connectivity index (χ0n) is 27.5. The van der Waals surface area contributed by atoms with Crippen LogP contribution in [-0.4, -0.2) is 22.4 Å². The fourth-order valence-electron chi connectivity index (χ4n) is 6.01. The van der Waals surface area contributed by atoms with E-state index in [-0.39, 0.29) is 109 Å². The number of hydrogen-bond acceptors (Lipinski definition) is 2. The van der Waals surface area contributed by atoms with Gasteiger partial charge in [-0.05, 0) is 157 Å². The van der Waals surface area contributed by atoms with Crippen molar-refractivity contribution in [2.75, 3.05) is 0 Å². The van der Waals surface area contributed by atoms with E-state index in [0.717, 1.165) is 16.1 Å². The van der Waals surface area contributed by atoms with E-state index in [1.165, 1.54) is 61.4 Å². The van der Waals surface area contributed by atoms with E-state index in [4.69, 9.17) is 0 Å². The van der Waals surface area contributed by atoms with E-state index in [0.29, 0.717) is 0 Å². The van der Waals surface area contributed by atoms with Gasteiger partial charge >= 0.3 is 11.6 Å². The van der Waals surface area contributed by atoms with Crippen molar-refractivity contribution >= 4 is 51.4 Å². The Morgan fingerprint density at radius 1 is 0.542 bits per heavy atom. The molecule has 48 heavy (non-hydrogen) atoms. The van der Waals surface area contributed by atoms with Crippen molar-refractivity contribution in [2.24, 2.45) is 0 Å². The average Bonchev–Trinajstić information content (AvgIpc) is 2.98. The standard InChI is InChI=1S/C37H37BrN4.4BrH.2Pd/c1-8-41(34-14-10-12-16-39-34)36-24(3)18-29(19-25(36)4)32-22-31(38)23-33(28(32)7)30-20-26(5)37(27(6)21-30)42(9-2)35-15-11-13-17-40-35;;;;;;/h8-23H,1-7H3;4*1H;;/q+2;;;;;;/p-4. The molecule has 0 N–H and O–H groups in total. The van der Waals surface area contributed by atoms with Crippen LogP contribution in [0.15, 0.2) is 89.7 Å². The van der Waals surface area contributed by atoms with E-state index in [2.05, 4.69) is 132 Å². The minimum Gasteiger partial charge on any atom is -1.00 e.